The fourth-order valence-corrected chi connectivity index (χ4v) is 3.04. The lowest BCUT2D eigenvalue weighted by atomic mass is 10.0. The Morgan fingerprint density at radius 3 is 2.40 bits per heavy atom. The number of aryl methyl sites for hydroxylation is 3. The summed E-state index contributed by atoms with van der Waals surface area (Å²) in [5.41, 5.74) is 12.7. The van der Waals surface area contributed by atoms with Crippen LogP contribution in [0.3, 0.4) is 0 Å². The van der Waals surface area contributed by atoms with Gasteiger partial charge in [-0.1, -0.05) is 54.6 Å². The predicted molar refractivity (Wildman–Crippen MR) is 101 cm³/mol. The van der Waals surface area contributed by atoms with E-state index in [0.717, 1.165) is 29.7 Å². The van der Waals surface area contributed by atoms with Crippen LogP contribution in [0.15, 0.2) is 66.9 Å². The highest BCUT2D eigenvalue weighted by atomic mass is 15.3. The van der Waals surface area contributed by atoms with Crippen molar-refractivity contribution in [1.82, 2.24) is 14.6 Å². The Balaban J connectivity index is 1.51. The second kappa shape index (κ2) is 6.40. The van der Waals surface area contributed by atoms with Crippen molar-refractivity contribution >= 4 is 11.5 Å². The molecule has 0 unspecified atom stereocenters. The van der Waals surface area contributed by atoms with Crippen LogP contribution in [0.1, 0.15) is 16.8 Å². The summed E-state index contributed by atoms with van der Waals surface area (Å²) in [6.45, 7) is 2.00. The van der Waals surface area contributed by atoms with Gasteiger partial charge in [0.05, 0.1) is 6.20 Å². The van der Waals surface area contributed by atoms with Gasteiger partial charge in [0.2, 0.25) is 0 Å². The zero-order valence-corrected chi connectivity index (χ0v) is 14.2. The van der Waals surface area contributed by atoms with E-state index in [9.17, 15) is 0 Å². The molecule has 0 fully saturated rings. The third-order valence-electron chi connectivity index (χ3n) is 4.46. The smallest absolute Gasteiger partial charge is 0.160 e. The number of hydrogen-bond donors (Lipinski definition) is 1. The van der Waals surface area contributed by atoms with Crippen molar-refractivity contribution in [3.05, 3.63) is 83.7 Å². The van der Waals surface area contributed by atoms with Gasteiger partial charge in [-0.2, -0.15) is 9.61 Å². The molecule has 0 aliphatic rings. The Morgan fingerprint density at radius 1 is 0.920 bits per heavy atom. The van der Waals surface area contributed by atoms with Crippen molar-refractivity contribution in [2.24, 2.45) is 0 Å². The number of nitrogens with two attached hydrogens (primary N) is 1. The summed E-state index contributed by atoms with van der Waals surface area (Å²) in [7, 11) is 0. The Hall–Kier alpha value is -3.14. The van der Waals surface area contributed by atoms with Crippen LogP contribution in [0.4, 0.5) is 5.82 Å². The maximum Gasteiger partial charge on any atom is 0.160 e. The first-order valence-electron chi connectivity index (χ1n) is 8.45. The van der Waals surface area contributed by atoms with Gasteiger partial charge in [-0.15, -0.1) is 0 Å². The van der Waals surface area contributed by atoms with Crippen molar-refractivity contribution in [3.63, 3.8) is 0 Å². The molecule has 4 heteroatoms. The van der Waals surface area contributed by atoms with Crippen LogP contribution in [-0.2, 0) is 12.8 Å². The fraction of sp³-hybridized carbons (Fsp3) is 0.143. The molecule has 0 radical (unpaired) electrons. The minimum absolute atomic E-state index is 0.632. The standard InChI is InChI=1S/C21H20N4/c1-15-14-23-25-20(22)13-19(24-21(15)25)12-9-16-7-10-18(11-8-16)17-5-3-2-4-6-17/h2-8,10-11,13-14H,9,12,22H2,1H3. The highest BCUT2D eigenvalue weighted by molar-refractivity contribution is 5.63. The summed E-state index contributed by atoms with van der Waals surface area (Å²) in [6, 6.07) is 21.1. The summed E-state index contributed by atoms with van der Waals surface area (Å²) in [5.74, 6) is 0.632. The minimum atomic E-state index is 0.632. The first kappa shape index (κ1) is 15.4. The average molecular weight is 328 g/mol. The van der Waals surface area contributed by atoms with Crippen molar-refractivity contribution < 1.29 is 0 Å². The van der Waals surface area contributed by atoms with Crippen LogP contribution >= 0.6 is 0 Å². The Kier molecular flexibility index (Phi) is 3.94. The maximum atomic E-state index is 6.08. The zero-order chi connectivity index (χ0) is 17.2. The molecular weight excluding hydrogens is 308 g/mol. The molecule has 4 rings (SSSR count). The summed E-state index contributed by atoms with van der Waals surface area (Å²) < 4.78 is 1.69. The van der Waals surface area contributed by atoms with Gasteiger partial charge in [-0.25, -0.2) is 4.98 Å². The number of nitrogens with zero attached hydrogens (tertiary/aromatic N) is 3. The molecule has 124 valence electrons. The first-order chi connectivity index (χ1) is 12.2. The number of rotatable bonds is 4. The topological polar surface area (TPSA) is 56.2 Å². The van der Waals surface area contributed by atoms with E-state index in [-0.39, 0.29) is 0 Å². The van der Waals surface area contributed by atoms with E-state index in [4.69, 9.17) is 10.7 Å². The number of nitrogen functional groups attached to an aromatic ring is 1. The summed E-state index contributed by atoms with van der Waals surface area (Å²) in [5, 5.41) is 4.24. The van der Waals surface area contributed by atoms with Crippen LogP contribution in [0.5, 0.6) is 0 Å². The van der Waals surface area contributed by atoms with Gasteiger partial charge in [0, 0.05) is 17.3 Å². The second-order valence-electron chi connectivity index (χ2n) is 6.30. The number of hydrogen-bond acceptors (Lipinski definition) is 3. The number of benzene rings is 2. The molecule has 4 aromatic rings. The lowest BCUT2D eigenvalue weighted by molar-refractivity contribution is 0.883. The molecule has 0 aliphatic heterocycles. The van der Waals surface area contributed by atoms with E-state index in [1.807, 2.05) is 19.1 Å². The lowest BCUT2D eigenvalue weighted by Gasteiger charge is -2.07. The van der Waals surface area contributed by atoms with E-state index < -0.39 is 0 Å². The van der Waals surface area contributed by atoms with Crippen LogP contribution in [0, 0.1) is 6.92 Å². The summed E-state index contributed by atoms with van der Waals surface area (Å²) in [6.07, 6.45) is 3.59. The van der Waals surface area contributed by atoms with E-state index in [1.54, 1.807) is 10.7 Å². The fourth-order valence-electron chi connectivity index (χ4n) is 3.04. The largest absolute Gasteiger partial charge is 0.384 e. The highest BCUT2D eigenvalue weighted by Crippen LogP contribution is 2.20. The number of anilines is 1. The molecule has 0 saturated carbocycles. The Labute approximate surface area is 147 Å². The molecule has 2 N–H and O–H groups in total. The SMILES string of the molecule is Cc1cnn2c(N)cc(CCc3ccc(-c4ccccc4)cc3)nc12. The van der Waals surface area contributed by atoms with Gasteiger partial charge in [0.1, 0.15) is 5.82 Å². The third-order valence-corrected chi connectivity index (χ3v) is 4.46. The average Bonchev–Trinajstić information content (AvgIpc) is 3.03. The minimum Gasteiger partial charge on any atom is -0.384 e. The molecule has 2 aromatic carbocycles. The molecular formula is C21H20N4. The molecule has 0 saturated heterocycles. The normalized spacial score (nSPS) is 11.1. The monoisotopic (exact) mass is 328 g/mol. The molecule has 0 spiro atoms. The number of fused-ring (bicyclic) bond motifs is 1. The number of aromatic nitrogens is 3. The van der Waals surface area contributed by atoms with Gasteiger partial charge in [0.25, 0.3) is 0 Å². The zero-order valence-electron chi connectivity index (χ0n) is 14.2. The lowest BCUT2D eigenvalue weighted by Crippen LogP contribution is -2.04. The molecule has 0 amide bonds. The molecule has 0 atom stereocenters. The molecule has 2 aromatic heterocycles. The van der Waals surface area contributed by atoms with Gasteiger partial charge in [0.15, 0.2) is 5.65 Å². The Bertz CT molecular complexity index is 1000. The van der Waals surface area contributed by atoms with E-state index >= 15 is 0 Å². The van der Waals surface area contributed by atoms with Crippen LogP contribution < -0.4 is 5.73 Å². The first-order valence-corrected chi connectivity index (χ1v) is 8.45. The van der Waals surface area contributed by atoms with Gasteiger partial charge >= 0.3 is 0 Å². The van der Waals surface area contributed by atoms with Crippen LogP contribution in [0.25, 0.3) is 16.8 Å². The second-order valence-corrected chi connectivity index (χ2v) is 6.30. The summed E-state index contributed by atoms with van der Waals surface area (Å²) >= 11 is 0. The highest BCUT2D eigenvalue weighted by Gasteiger charge is 2.07. The maximum absolute atomic E-state index is 6.08. The molecule has 0 bridgehead atoms. The van der Waals surface area contributed by atoms with Crippen molar-refractivity contribution in [2.75, 3.05) is 5.73 Å². The molecule has 25 heavy (non-hydrogen) atoms. The third kappa shape index (κ3) is 3.11. The van der Waals surface area contributed by atoms with Crippen LogP contribution in [0.2, 0.25) is 0 Å². The van der Waals surface area contributed by atoms with Crippen molar-refractivity contribution in [1.29, 1.82) is 0 Å². The van der Waals surface area contributed by atoms with Crippen LogP contribution in [-0.4, -0.2) is 14.6 Å². The predicted octanol–water partition coefficient (Wildman–Crippen LogP) is 4.07. The van der Waals surface area contributed by atoms with E-state index in [2.05, 4.69) is 53.6 Å². The Morgan fingerprint density at radius 2 is 1.64 bits per heavy atom. The van der Waals surface area contributed by atoms with E-state index in [1.165, 1.54) is 16.7 Å². The van der Waals surface area contributed by atoms with Gasteiger partial charge < -0.3 is 5.73 Å². The van der Waals surface area contributed by atoms with Gasteiger partial charge in [-0.05, 0) is 36.5 Å². The molecule has 0 aliphatic carbocycles. The molecule has 2 heterocycles. The van der Waals surface area contributed by atoms with E-state index in [0.29, 0.717) is 5.82 Å². The quantitative estimate of drug-likeness (QED) is 0.614. The van der Waals surface area contributed by atoms with Gasteiger partial charge in [-0.3, -0.25) is 0 Å². The van der Waals surface area contributed by atoms with Crippen molar-refractivity contribution in [2.45, 2.75) is 19.8 Å². The molecule has 4 nitrogen and oxygen atoms in total. The van der Waals surface area contributed by atoms with Crippen molar-refractivity contribution in [3.8, 4) is 11.1 Å². The summed E-state index contributed by atoms with van der Waals surface area (Å²) in [4.78, 5) is 4.70.